The first-order valence-electron chi connectivity index (χ1n) is 10.4. The summed E-state index contributed by atoms with van der Waals surface area (Å²) in [6.45, 7) is 2.86. The third kappa shape index (κ3) is 4.13. The van der Waals surface area contributed by atoms with E-state index < -0.39 is 0 Å². The van der Waals surface area contributed by atoms with E-state index in [9.17, 15) is 4.79 Å². The SMILES string of the molecule is O=C(Nc1csc(-c2ccc3c(cnn3CC3CCC3)c2)n1)N[C@H]1CCCNC1. The smallest absolute Gasteiger partial charge is 0.320 e. The van der Waals surface area contributed by atoms with Crippen molar-refractivity contribution in [1.29, 1.82) is 0 Å². The van der Waals surface area contributed by atoms with E-state index in [1.807, 2.05) is 11.6 Å². The van der Waals surface area contributed by atoms with Gasteiger partial charge in [0.15, 0.2) is 0 Å². The van der Waals surface area contributed by atoms with Crippen LogP contribution >= 0.6 is 11.3 Å². The minimum atomic E-state index is -0.191. The molecule has 0 spiro atoms. The fourth-order valence-electron chi connectivity index (χ4n) is 4.06. The lowest BCUT2D eigenvalue weighted by molar-refractivity contribution is 0.245. The number of urea groups is 1. The third-order valence-corrected chi connectivity index (χ3v) is 6.81. The summed E-state index contributed by atoms with van der Waals surface area (Å²) in [7, 11) is 0. The summed E-state index contributed by atoms with van der Waals surface area (Å²) in [4.78, 5) is 16.8. The molecule has 3 heterocycles. The molecule has 29 heavy (non-hydrogen) atoms. The van der Waals surface area contributed by atoms with Gasteiger partial charge in [0, 0.05) is 35.5 Å². The summed E-state index contributed by atoms with van der Waals surface area (Å²) >= 11 is 1.54. The van der Waals surface area contributed by atoms with E-state index in [4.69, 9.17) is 0 Å². The highest BCUT2D eigenvalue weighted by Crippen LogP contribution is 2.31. The molecule has 7 nitrogen and oxygen atoms in total. The number of amides is 2. The summed E-state index contributed by atoms with van der Waals surface area (Å²) in [5.41, 5.74) is 2.23. The van der Waals surface area contributed by atoms with Crippen molar-refractivity contribution in [2.24, 2.45) is 5.92 Å². The number of hydrogen-bond donors (Lipinski definition) is 3. The lowest BCUT2D eigenvalue weighted by Gasteiger charge is -2.25. The maximum atomic E-state index is 12.2. The Morgan fingerprint density at radius 1 is 1.28 bits per heavy atom. The van der Waals surface area contributed by atoms with Crippen molar-refractivity contribution in [3.8, 4) is 10.6 Å². The monoisotopic (exact) mass is 410 g/mol. The van der Waals surface area contributed by atoms with Crippen molar-refractivity contribution in [1.82, 2.24) is 25.4 Å². The number of anilines is 1. The van der Waals surface area contributed by atoms with Crippen LogP contribution in [-0.2, 0) is 6.54 Å². The molecule has 2 aromatic heterocycles. The Labute approximate surface area is 173 Å². The van der Waals surface area contributed by atoms with E-state index in [0.29, 0.717) is 5.82 Å². The maximum Gasteiger partial charge on any atom is 0.320 e. The van der Waals surface area contributed by atoms with Crippen LogP contribution in [0.5, 0.6) is 0 Å². The van der Waals surface area contributed by atoms with Gasteiger partial charge >= 0.3 is 6.03 Å². The quantitative estimate of drug-likeness (QED) is 0.597. The second-order valence-electron chi connectivity index (χ2n) is 8.08. The zero-order valence-corrected chi connectivity index (χ0v) is 17.2. The molecule has 1 aliphatic heterocycles. The van der Waals surface area contributed by atoms with Gasteiger partial charge in [0.25, 0.3) is 0 Å². The Hall–Kier alpha value is -2.45. The van der Waals surface area contributed by atoms with Crippen molar-refractivity contribution in [2.75, 3.05) is 18.4 Å². The van der Waals surface area contributed by atoms with Crippen molar-refractivity contribution in [3.63, 3.8) is 0 Å². The second-order valence-corrected chi connectivity index (χ2v) is 8.93. The van der Waals surface area contributed by atoms with Gasteiger partial charge in [-0.3, -0.25) is 10.00 Å². The molecule has 8 heteroatoms. The lowest BCUT2D eigenvalue weighted by atomic mass is 9.85. The zero-order valence-electron chi connectivity index (χ0n) is 16.4. The third-order valence-electron chi connectivity index (χ3n) is 5.92. The second kappa shape index (κ2) is 8.12. The van der Waals surface area contributed by atoms with Gasteiger partial charge in [0.1, 0.15) is 10.8 Å². The molecular weight excluding hydrogens is 384 g/mol. The predicted octanol–water partition coefficient (Wildman–Crippen LogP) is 3.83. The highest BCUT2D eigenvalue weighted by atomic mass is 32.1. The normalized spacial score (nSPS) is 19.8. The number of fused-ring (bicyclic) bond motifs is 1. The number of benzene rings is 1. The van der Waals surface area contributed by atoms with E-state index in [0.717, 1.165) is 54.4 Å². The predicted molar refractivity (Wildman–Crippen MR) is 116 cm³/mol. The average molecular weight is 411 g/mol. The van der Waals surface area contributed by atoms with Gasteiger partial charge in [0.2, 0.25) is 0 Å². The van der Waals surface area contributed by atoms with Crippen molar-refractivity contribution in [2.45, 2.75) is 44.7 Å². The number of piperidine rings is 1. The number of aromatic nitrogens is 3. The Kier molecular flexibility index (Phi) is 5.20. The van der Waals surface area contributed by atoms with Crippen molar-refractivity contribution >= 4 is 34.1 Å². The molecule has 5 rings (SSSR count). The first-order chi connectivity index (χ1) is 14.2. The molecule has 2 amide bonds. The minimum Gasteiger partial charge on any atom is -0.334 e. The Bertz CT molecular complexity index is 1000. The molecule has 3 N–H and O–H groups in total. The molecule has 0 bridgehead atoms. The number of nitrogens with one attached hydrogen (secondary N) is 3. The minimum absolute atomic E-state index is 0.181. The van der Waals surface area contributed by atoms with E-state index in [2.05, 4.69) is 48.9 Å². The molecule has 0 radical (unpaired) electrons. The Balaban J connectivity index is 1.25. The first kappa shape index (κ1) is 18.6. The largest absolute Gasteiger partial charge is 0.334 e. The molecule has 2 fully saturated rings. The number of rotatable bonds is 5. The molecule has 2 aliphatic rings. The van der Waals surface area contributed by atoms with Crippen LogP contribution in [0.25, 0.3) is 21.5 Å². The van der Waals surface area contributed by atoms with Gasteiger partial charge in [-0.25, -0.2) is 9.78 Å². The van der Waals surface area contributed by atoms with Crippen LogP contribution in [0.1, 0.15) is 32.1 Å². The summed E-state index contributed by atoms with van der Waals surface area (Å²) in [6, 6.07) is 6.35. The van der Waals surface area contributed by atoms with Crippen molar-refractivity contribution in [3.05, 3.63) is 29.8 Å². The van der Waals surface area contributed by atoms with Crippen molar-refractivity contribution < 1.29 is 4.79 Å². The molecule has 1 atom stereocenters. The molecule has 152 valence electrons. The van der Waals surface area contributed by atoms with Gasteiger partial charge < -0.3 is 10.6 Å². The van der Waals surface area contributed by atoms with E-state index in [-0.39, 0.29) is 12.1 Å². The standard InChI is InChI=1S/C21H26N6OS/c28-21(24-17-5-2-8-22-11-17)26-19-13-29-20(25-19)15-6-7-18-16(9-15)10-23-27(18)12-14-3-1-4-14/h6-7,9-10,13-14,17,22H,1-5,8,11-12H2,(H2,24,26,28)/t17-/m0/s1. The highest BCUT2D eigenvalue weighted by Gasteiger charge is 2.19. The average Bonchev–Trinajstić information content (AvgIpc) is 3.32. The summed E-state index contributed by atoms with van der Waals surface area (Å²) < 4.78 is 2.13. The highest BCUT2D eigenvalue weighted by molar-refractivity contribution is 7.13. The Morgan fingerprint density at radius 3 is 3.00 bits per heavy atom. The van der Waals surface area contributed by atoms with Crippen LogP contribution in [0.15, 0.2) is 29.8 Å². The molecule has 1 aliphatic carbocycles. The van der Waals surface area contributed by atoms with Gasteiger partial charge in [-0.05, 0) is 56.3 Å². The number of nitrogens with zero attached hydrogens (tertiary/aromatic N) is 3. The van der Waals surface area contributed by atoms with Crippen LogP contribution in [0, 0.1) is 5.92 Å². The molecule has 1 saturated carbocycles. The van der Waals surface area contributed by atoms with Crippen LogP contribution in [0.2, 0.25) is 0 Å². The van der Waals surface area contributed by atoms with Gasteiger partial charge in [0.05, 0.1) is 11.7 Å². The fraction of sp³-hybridized carbons (Fsp3) is 0.476. The lowest BCUT2D eigenvalue weighted by Crippen LogP contribution is -2.47. The van der Waals surface area contributed by atoms with E-state index >= 15 is 0 Å². The number of hydrogen-bond acceptors (Lipinski definition) is 5. The Morgan fingerprint density at radius 2 is 2.21 bits per heavy atom. The van der Waals surface area contributed by atoms with Gasteiger partial charge in [-0.15, -0.1) is 11.3 Å². The van der Waals surface area contributed by atoms with Crippen LogP contribution in [0.3, 0.4) is 0 Å². The first-order valence-corrected chi connectivity index (χ1v) is 11.3. The van der Waals surface area contributed by atoms with Crippen LogP contribution < -0.4 is 16.0 Å². The number of carbonyl (C=O) groups excluding carboxylic acids is 1. The molecule has 1 saturated heterocycles. The molecule has 1 aromatic carbocycles. The number of carbonyl (C=O) groups is 1. The summed E-state index contributed by atoms with van der Waals surface area (Å²) in [5, 5.41) is 17.7. The molecule has 0 unspecified atom stereocenters. The van der Waals surface area contributed by atoms with Crippen LogP contribution in [-0.4, -0.2) is 39.9 Å². The van der Waals surface area contributed by atoms with E-state index in [1.54, 1.807) is 0 Å². The number of thiazole rings is 1. The van der Waals surface area contributed by atoms with Gasteiger partial charge in [-0.1, -0.05) is 6.42 Å². The maximum absolute atomic E-state index is 12.2. The fourth-order valence-corrected chi connectivity index (χ4v) is 4.81. The topological polar surface area (TPSA) is 83.9 Å². The molecule has 3 aromatic rings. The molecular formula is C21H26N6OS. The summed E-state index contributed by atoms with van der Waals surface area (Å²) in [6.07, 6.45) is 8.03. The van der Waals surface area contributed by atoms with Gasteiger partial charge in [-0.2, -0.15) is 5.10 Å². The van der Waals surface area contributed by atoms with Crippen LogP contribution in [0.4, 0.5) is 10.6 Å². The zero-order chi connectivity index (χ0) is 19.6. The van der Waals surface area contributed by atoms with E-state index in [1.165, 1.54) is 36.1 Å². The summed E-state index contributed by atoms with van der Waals surface area (Å²) in [5.74, 6) is 1.37.